The van der Waals surface area contributed by atoms with Gasteiger partial charge in [0.15, 0.2) is 9.84 Å². The van der Waals surface area contributed by atoms with E-state index in [0.29, 0.717) is 11.5 Å². The predicted molar refractivity (Wildman–Crippen MR) is 38.5 cm³/mol. The SMILES string of the molecule is O=S1(=O)CC2=C(CNC2)C1. The highest BCUT2D eigenvalue weighted by atomic mass is 32.2. The second kappa shape index (κ2) is 1.83. The highest BCUT2D eigenvalue weighted by molar-refractivity contribution is 7.92. The predicted octanol–water partition coefficient (Wildman–Crippen LogP) is -0.685. The largest absolute Gasteiger partial charge is 0.309 e. The van der Waals surface area contributed by atoms with Gasteiger partial charge in [-0.3, -0.25) is 0 Å². The molecule has 2 aliphatic rings. The molecule has 2 aliphatic heterocycles. The second-order valence-electron chi connectivity index (χ2n) is 2.84. The molecule has 0 atom stereocenters. The number of nitrogens with one attached hydrogen (secondary N) is 1. The maximum absolute atomic E-state index is 11.0. The highest BCUT2D eigenvalue weighted by Crippen LogP contribution is 2.21. The van der Waals surface area contributed by atoms with Crippen molar-refractivity contribution >= 4 is 9.84 Å². The standard InChI is InChI=1S/C6H9NO2S/c8-10(9)3-5-1-7-2-6(5)4-10/h7H,1-4H2. The smallest absolute Gasteiger partial charge is 0.158 e. The zero-order chi connectivity index (χ0) is 7.19. The topological polar surface area (TPSA) is 46.2 Å². The van der Waals surface area contributed by atoms with Gasteiger partial charge in [0.25, 0.3) is 0 Å². The molecule has 0 radical (unpaired) electrons. The molecule has 0 amide bonds. The van der Waals surface area contributed by atoms with Crippen LogP contribution in [0.2, 0.25) is 0 Å². The van der Waals surface area contributed by atoms with Gasteiger partial charge in [-0.05, 0) is 11.1 Å². The van der Waals surface area contributed by atoms with E-state index in [2.05, 4.69) is 5.32 Å². The lowest BCUT2D eigenvalue weighted by atomic mass is 10.2. The quantitative estimate of drug-likeness (QED) is 0.476. The van der Waals surface area contributed by atoms with Crippen molar-refractivity contribution in [1.82, 2.24) is 5.32 Å². The lowest BCUT2D eigenvalue weighted by molar-refractivity contribution is 0.601. The maximum atomic E-state index is 11.0. The molecule has 0 saturated heterocycles. The molecule has 0 aromatic carbocycles. The van der Waals surface area contributed by atoms with Gasteiger partial charge in [-0.25, -0.2) is 8.42 Å². The summed E-state index contributed by atoms with van der Waals surface area (Å²) in [5.74, 6) is 0.602. The van der Waals surface area contributed by atoms with Gasteiger partial charge in [0.05, 0.1) is 11.5 Å². The van der Waals surface area contributed by atoms with Crippen LogP contribution in [0.15, 0.2) is 11.1 Å². The summed E-state index contributed by atoms with van der Waals surface area (Å²) in [4.78, 5) is 0. The van der Waals surface area contributed by atoms with E-state index in [-0.39, 0.29) is 0 Å². The summed E-state index contributed by atoms with van der Waals surface area (Å²) >= 11 is 0. The van der Waals surface area contributed by atoms with Crippen molar-refractivity contribution in [1.29, 1.82) is 0 Å². The normalized spacial score (nSPS) is 29.2. The molecular weight excluding hydrogens is 150 g/mol. The van der Waals surface area contributed by atoms with Crippen molar-refractivity contribution in [3.8, 4) is 0 Å². The van der Waals surface area contributed by atoms with E-state index in [1.807, 2.05) is 0 Å². The Morgan fingerprint density at radius 1 is 1.10 bits per heavy atom. The molecule has 2 heterocycles. The van der Waals surface area contributed by atoms with Crippen LogP contribution in [0.25, 0.3) is 0 Å². The molecular formula is C6H9NO2S. The van der Waals surface area contributed by atoms with Gasteiger partial charge in [0.2, 0.25) is 0 Å². The van der Waals surface area contributed by atoms with Crippen LogP contribution in [0.5, 0.6) is 0 Å². The first-order valence-electron chi connectivity index (χ1n) is 3.28. The van der Waals surface area contributed by atoms with Crippen LogP contribution in [-0.2, 0) is 9.84 Å². The van der Waals surface area contributed by atoms with Crippen LogP contribution < -0.4 is 5.32 Å². The van der Waals surface area contributed by atoms with Crippen LogP contribution in [0, 0.1) is 0 Å². The minimum Gasteiger partial charge on any atom is -0.309 e. The van der Waals surface area contributed by atoms with E-state index >= 15 is 0 Å². The molecule has 4 heteroatoms. The number of rotatable bonds is 0. The van der Waals surface area contributed by atoms with Crippen molar-refractivity contribution < 1.29 is 8.42 Å². The Balaban J connectivity index is 2.33. The second-order valence-corrected chi connectivity index (χ2v) is 4.91. The Bertz CT molecular complexity index is 267. The summed E-state index contributed by atoms with van der Waals surface area (Å²) in [6.45, 7) is 1.57. The van der Waals surface area contributed by atoms with Crippen LogP contribution in [0.4, 0.5) is 0 Å². The van der Waals surface area contributed by atoms with Gasteiger partial charge in [-0.1, -0.05) is 0 Å². The van der Waals surface area contributed by atoms with Gasteiger partial charge in [0, 0.05) is 13.1 Å². The van der Waals surface area contributed by atoms with Gasteiger partial charge >= 0.3 is 0 Å². The van der Waals surface area contributed by atoms with Crippen LogP contribution >= 0.6 is 0 Å². The van der Waals surface area contributed by atoms with E-state index in [4.69, 9.17) is 0 Å². The fraction of sp³-hybridized carbons (Fsp3) is 0.667. The first-order chi connectivity index (χ1) is 4.67. The average molecular weight is 159 g/mol. The van der Waals surface area contributed by atoms with Gasteiger partial charge in [-0.2, -0.15) is 0 Å². The zero-order valence-corrected chi connectivity index (χ0v) is 6.37. The molecule has 1 N–H and O–H groups in total. The highest BCUT2D eigenvalue weighted by Gasteiger charge is 2.29. The third-order valence-corrected chi connectivity index (χ3v) is 3.54. The van der Waals surface area contributed by atoms with Crippen molar-refractivity contribution in [3.05, 3.63) is 11.1 Å². The van der Waals surface area contributed by atoms with Crippen LogP contribution in [-0.4, -0.2) is 33.0 Å². The minimum atomic E-state index is -2.72. The number of sulfone groups is 1. The number of hydrogen-bond acceptors (Lipinski definition) is 3. The first-order valence-corrected chi connectivity index (χ1v) is 5.10. The fourth-order valence-electron chi connectivity index (χ4n) is 1.50. The Morgan fingerprint density at radius 3 is 2.10 bits per heavy atom. The average Bonchev–Trinajstić information content (AvgIpc) is 2.20. The molecule has 0 aromatic rings. The first kappa shape index (κ1) is 6.37. The molecule has 2 rings (SSSR count). The van der Waals surface area contributed by atoms with E-state index in [0.717, 1.165) is 24.2 Å². The van der Waals surface area contributed by atoms with Crippen LogP contribution in [0.1, 0.15) is 0 Å². The van der Waals surface area contributed by atoms with E-state index < -0.39 is 9.84 Å². The molecule has 0 unspecified atom stereocenters. The Kier molecular flexibility index (Phi) is 1.16. The lowest BCUT2D eigenvalue weighted by Crippen LogP contribution is -2.17. The van der Waals surface area contributed by atoms with Gasteiger partial charge in [-0.15, -0.1) is 0 Å². The maximum Gasteiger partial charge on any atom is 0.158 e. The monoisotopic (exact) mass is 159 g/mol. The molecule has 0 bridgehead atoms. The lowest BCUT2D eigenvalue weighted by Gasteiger charge is -1.96. The molecule has 0 fully saturated rings. The molecule has 56 valence electrons. The minimum absolute atomic E-state index is 0.301. The molecule has 0 aliphatic carbocycles. The fourth-order valence-corrected chi connectivity index (χ4v) is 3.28. The van der Waals surface area contributed by atoms with Crippen molar-refractivity contribution in [2.24, 2.45) is 0 Å². The number of hydrogen-bond donors (Lipinski definition) is 1. The molecule has 0 spiro atoms. The zero-order valence-electron chi connectivity index (χ0n) is 5.55. The summed E-state index contributed by atoms with van der Waals surface area (Å²) in [5, 5.41) is 3.12. The summed E-state index contributed by atoms with van der Waals surface area (Å²) in [7, 11) is -2.72. The molecule has 10 heavy (non-hydrogen) atoms. The summed E-state index contributed by atoms with van der Waals surface area (Å²) in [6, 6.07) is 0. The Labute approximate surface area is 60.0 Å². The van der Waals surface area contributed by atoms with E-state index in [1.54, 1.807) is 0 Å². The van der Waals surface area contributed by atoms with E-state index in [9.17, 15) is 8.42 Å². The Hall–Kier alpha value is -0.350. The summed E-state index contributed by atoms with van der Waals surface area (Å²) in [5.41, 5.74) is 2.22. The summed E-state index contributed by atoms with van der Waals surface area (Å²) in [6.07, 6.45) is 0. The summed E-state index contributed by atoms with van der Waals surface area (Å²) < 4.78 is 21.9. The molecule has 0 aromatic heterocycles. The molecule has 0 saturated carbocycles. The van der Waals surface area contributed by atoms with Gasteiger partial charge < -0.3 is 5.32 Å². The Morgan fingerprint density at radius 2 is 1.60 bits per heavy atom. The van der Waals surface area contributed by atoms with E-state index in [1.165, 1.54) is 0 Å². The van der Waals surface area contributed by atoms with Gasteiger partial charge in [0.1, 0.15) is 0 Å². The van der Waals surface area contributed by atoms with Crippen molar-refractivity contribution in [2.45, 2.75) is 0 Å². The third kappa shape index (κ3) is 0.876. The van der Waals surface area contributed by atoms with Crippen molar-refractivity contribution in [2.75, 3.05) is 24.6 Å². The molecule has 3 nitrogen and oxygen atoms in total. The third-order valence-electron chi connectivity index (χ3n) is 1.97. The van der Waals surface area contributed by atoms with Crippen LogP contribution in [0.3, 0.4) is 0 Å². The van der Waals surface area contributed by atoms with Crippen molar-refractivity contribution in [3.63, 3.8) is 0 Å².